The Hall–Kier alpha value is -0.130. The van der Waals surface area contributed by atoms with Crippen LogP contribution in [0.15, 0.2) is 12.1 Å². The Kier molecular flexibility index (Phi) is 4.44. The van der Waals surface area contributed by atoms with Crippen LogP contribution in [-0.4, -0.2) is 42.4 Å². The number of hydrogen-bond acceptors (Lipinski definition) is 4. The van der Waals surface area contributed by atoms with Crippen LogP contribution in [0.2, 0.25) is 4.34 Å². The van der Waals surface area contributed by atoms with Crippen molar-refractivity contribution in [1.29, 1.82) is 0 Å². The number of rotatable bonds is 4. The molecule has 1 aliphatic rings. The molecule has 1 aliphatic heterocycles. The summed E-state index contributed by atoms with van der Waals surface area (Å²) in [4.78, 5) is 3.38. The lowest BCUT2D eigenvalue weighted by atomic mass is 9.94. The van der Waals surface area contributed by atoms with Gasteiger partial charge in [0.25, 0.3) is 0 Å². The SMILES string of the molecule is CN(Cc1ccc(Cl)s1)CC1(O)CCOCC1. The van der Waals surface area contributed by atoms with Crippen LogP contribution in [0.1, 0.15) is 17.7 Å². The fraction of sp³-hybridized carbons (Fsp3) is 0.667. The van der Waals surface area contributed by atoms with Crippen LogP contribution in [0.25, 0.3) is 0 Å². The van der Waals surface area contributed by atoms with Crippen molar-refractivity contribution in [1.82, 2.24) is 4.90 Å². The molecule has 96 valence electrons. The number of hydrogen-bond donors (Lipinski definition) is 1. The lowest BCUT2D eigenvalue weighted by Gasteiger charge is -2.35. The zero-order valence-electron chi connectivity index (χ0n) is 9.99. The number of ether oxygens (including phenoxy) is 1. The third-order valence-corrected chi connectivity index (χ3v) is 4.26. The number of aliphatic hydroxyl groups is 1. The highest BCUT2D eigenvalue weighted by Gasteiger charge is 2.30. The largest absolute Gasteiger partial charge is 0.388 e. The number of halogens is 1. The van der Waals surface area contributed by atoms with E-state index in [4.69, 9.17) is 16.3 Å². The zero-order chi connectivity index (χ0) is 12.3. The highest BCUT2D eigenvalue weighted by atomic mass is 35.5. The summed E-state index contributed by atoms with van der Waals surface area (Å²) in [5, 5.41) is 10.4. The second-order valence-electron chi connectivity index (χ2n) is 4.71. The van der Waals surface area contributed by atoms with Gasteiger partial charge in [-0.05, 0) is 19.2 Å². The first-order chi connectivity index (χ1) is 8.07. The molecule has 0 unspecified atom stereocenters. The van der Waals surface area contributed by atoms with Crippen molar-refractivity contribution in [2.24, 2.45) is 0 Å². The lowest BCUT2D eigenvalue weighted by Crippen LogP contribution is -2.45. The molecule has 1 aromatic rings. The Morgan fingerprint density at radius 3 is 2.76 bits per heavy atom. The van der Waals surface area contributed by atoms with Crippen molar-refractivity contribution in [3.8, 4) is 0 Å². The molecule has 1 saturated heterocycles. The third kappa shape index (κ3) is 3.93. The Morgan fingerprint density at radius 2 is 2.18 bits per heavy atom. The third-order valence-electron chi connectivity index (χ3n) is 3.04. The summed E-state index contributed by atoms with van der Waals surface area (Å²) in [7, 11) is 2.03. The highest BCUT2D eigenvalue weighted by Crippen LogP contribution is 2.25. The van der Waals surface area contributed by atoms with Gasteiger partial charge in [-0.2, -0.15) is 0 Å². The van der Waals surface area contributed by atoms with E-state index in [9.17, 15) is 5.11 Å². The molecule has 17 heavy (non-hydrogen) atoms. The van der Waals surface area contributed by atoms with Crippen molar-refractivity contribution in [2.45, 2.75) is 25.0 Å². The molecule has 0 saturated carbocycles. The van der Waals surface area contributed by atoms with Crippen LogP contribution in [0.5, 0.6) is 0 Å². The first kappa shape index (κ1) is 13.3. The first-order valence-corrected chi connectivity index (χ1v) is 7.00. The Bertz CT molecular complexity index is 363. The van der Waals surface area contributed by atoms with Crippen LogP contribution in [0, 0.1) is 0 Å². The average molecular weight is 276 g/mol. The van der Waals surface area contributed by atoms with Gasteiger partial charge in [-0.3, -0.25) is 4.90 Å². The van der Waals surface area contributed by atoms with Crippen LogP contribution >= 0.6 is 22.9 Å². The molecule has 1 aromatic heterocycles. The molecule has 0 atom stereocenters. The van der Waals surface area contributed by atoms with Gasteiger partial charge < -0.3 is 9.84 Å². The second-order valence-corrected chi connectivity index (χ2v) is 6.51. The van der Waals surface area contributed by atoms with E-state index in [2.05, 4.69) is 4.90 Å². The highest BCUT2D eigenvalue weighted by molar-refractivity contribution is 7.16. The van der Waals surface area contributed by atoms with Gasteiger partial charge in [0, 0.05) is 44.0 Å². The van der Waals surface area contributed by atoms with E-state index in [1.807, 2.05) is 19.2 Å². The molecule has 0 radical (unpaired) electrons. The minimum Gasteiger partial charge on any atom is -0.388 e. The predicted octanol–water partition coefficient (Wildman–Crippen LogP) is 2.37. The number of nitrogens with zero attached hydrogens (tertiary/aromatic N) is 1. The molecular weight excluding hydrogens is 258 g/mol. The van der Waals surface area contributed by atoms with Gasteiger partial charge in [-0.15, -0.1) is 11.3 Å². The summed E-state index contributed by atoms with van der Waals surface area (Å²) in [5.74, 6) is 0. The molecule has 3 nitrogen and oxygen atoms in total. The van der Waals surface area contributed by atoms with Crippen LogP contribution in [0.4, 0.5) is 0 Å². The van der Waals surface area contributed by atoms with Gasteiger partial charge in [-0.1, -0.05) is 11.6 Å². The first-order valence-electron chi connectivity index (χ1n) is 5.80. The predicted molar refractivity (Wildman–Crippen MR) is 70.7 cm³/mol. The molecule has 2 rings (SSSR count). The summed E-state index contributed by atoms with van der Waals surface area (Å²) >= 11 is 7.49. The van der Waals surface area contributed by atoms with Crippen LogP contribution < -0.4 is 0 Å². The molecule has 2 heterocycles. The molecule has 1 N–H and O–H groups in total. The molecule has 5 heteroatoms. The van der Waals surface area contributed by atoms with Crippen molar-refractivity contribution in [3.63, 3.8) is 0 Å². The van der Waals surface area contributed by atoms with Gasteiger partial charge in [0.1, 0.15) is 0 Å². The molecule has 0 amide bonds. The van der Waals surface area contributed by atoms with Crippen molar-refractivity contribution in [3.05, 3.63) is 21.3 Å². The topological polar surface area (TPSA) is 32.7 Å². The summed E-state index contributed by atoms with van der Waals surface area (Å²) in [6.07, 6.45) is 1.45. The van der Waals surface area contributed by atoms with Crippen molar-refractivity contribution in [2.75, 3.05) is 26.8 Å². The minimum atomic E-state index is -0.589. The second kappa shape index (κ2) is 5.67. The van der Waals surface area contributed by atoms with E-state index in [-0.39, 0.29) is 0 Å². The monoisotopic (exact) mass is 275 g/mol. The van der Waals surface area contributed by atoms with E-state index >= 15 is 0 Å². The van der Waals surface area contributed by atoms with Gasteiger partial charge >= 0.3 is 0 Å². The van der Waals surface area contributed by atoms with E-state index in [0.717, 1.165) is 23.7 Å². The maximum absolute atomic E-state index is 10.4. The number of likely N-dealkylation sites (N-methyl/N-ethyl adjacent to an activating group) is 1. The van der Waals surface area contributed by atoms with Crippen LogP contribution in [-0.2, 0) is 11.3 Å². The van der Waals surface area contributed by atoms with Gasteiger partial charge in [-0.25, -0.2) is 0 Å². The Balaban J connectivity index is 1.85. The summed E-state index contributed by atoms with van der Waals surface area (Å²) in [6, 6.07) is 3.95. The lowest BCUT2D eigenvalue weighted by molar-refractivity contribution is -0.0776. The van der Waals surface area contributed by atoms with Gasteiger partial charge in [0.15, 0.2) is 0 Å². The molecule has 0 spiro atoms. The van der Waals surface area contributed by atoms with E-state index in [1.165, 1.54) is 4.88 Å². The van der Waals surface area contributed by atoms with E-state index in [0.29, 0.717) is 19.8 Å². The summed E-state index contributed by atoms with van der Waals surface area (Å²) in [6.45, 7) is 2.84. The maximum Gasteiger partial charge on any atom is 0.0931 e. The van der Waals surface area contributed by atoms with Crippen LogP contribution in [0.3, 0.4) is 0 Å². The van der Waals surface area contributed by atoms with Crippen molar-refractivity contribution < 1.29 is 9.84 Å². The quantitative estimate of drug-likeness (QED) is 0.916. The normalized spacial score (nSPS) is 19.8. The van der Waals surface area contributed by atoms with Gasteiger partial charge in [0.2, 0.25) is 0 Å². The summed E-state index contributed by atoms with van der Waals surface area (Å²) in [5.41, 5.74) is -0.589. The summed E-state index contributed by atoms with van der Waals surface area (Å²) < 4.78 is 6.09. The molecule has 0 aliphatic carbocycles. The zero-order valence-corrected chi connectivity index (χ0v) is 11.6. The smallest absolute Gasteiger partial charge is 0.0931 e. The molecule has 0 aromatic carbocycles. The fourth-order valence-electron chi connectivity index (χ4n) is 2.17. The molecule has 1 fully saturated rings. The van der Waals surface area contributed by atoms with Crippen molar-refractivity contribution >= 4 is 22.9 Å². The fourth-order valence-corrected chi connectivity index (χ4v) is 3.34. The van der Waals surface area contributed by atoms with E-state index < -0.39 is 5.60 Å². The average Bonchev–Trinajstić information content (AvgIpc) is 2.63. The van der Waals surface area contributed by atoms with Gasteiger partial charge in [0.05, 0.1) is 9.94 Å². The Labute approximate surface area is 111 Å². The maximum atomic E-state index is 10.4. The standard InChI is InChI=1S/C12H18ClNO2S/c1-14(8-10-2-3-11(13)17-10)9-12(15)4-6-16-7-5-12/h2-3,15H,4-9H2,1H3. The molecular formula is C12H18ClNO2S. The molecule has 0 bridgehead atoms. The number of thiophene rings is 1. The van der Waals surface area contributed by atoms with E-state index in [1.54, 1.807) is 11.3 Å². The minimum absolute atomic E-state index is 0.589. The Morgan fingerprint density at radius 1 is 1.47 bits per heavy atom.